The molecule has 35 heavy (non-hydrogen) atoms. The summed E-state index contributed by atoms with van der Waals surface area (Å²) in [5.74, 6) is 1.63. The molecule has 5 rings (SSSR count). The maximum Gasteiger partial charge on any atom is 0.251 e. The van der Waals surface area contributed by atoms with Crippen molar-refractivity contribution in [3.63, 3.8) is 0 Å². The highest BCUT2D eigenvalue weighted by molar-refractivity contribution is 6.08. The third-order valence-corrected chi connectivity index (χ3v) is 7.48. The van der Waals surface area contributed by atoms with E-state index in [0.717, 1.165) is 87.1 Å². The lowest BCUT2D eigenvalue weighted by Crippen LogP contribution is -2.34. The number of anilines is 2. The van der Waals surface area contributed by atoms with E-state index >= 15 is 0 Å². The molecule has 2 aliphatic rings. The summed E-state index contributed by atoms with van der Waals surface area (Å²) in [6.45, 7) is 4.23. The zero-order chi connectivity index (χ0) is 24.2. The van der Waals surface area contributed by atoms with Crippen LogP contribution in [0.25, 0.3) is 5.65 Å². The Morgan fingerprint density at radius 1 is 1.09 bits per heavy atom. The van der Waals surface area contributed by atoms with E-state index in [1.165, 1.54) is 5.69 Å². The van der Waals surface area contributed by atoms with Crippen LogP contribution in [-0.2, 0) is 6.42 Å². The van der Waals surface area contributed by atoms with Crippen molar-refractivity contribution in [3.8, 4) is 0 Å². The molecule has 3 heterocycles. The summed E-state index contributed by atoms with van der Waals surface area (Å²) in [5, 5.41) is 11.3. The number of carbonyl (C=O) groups is 1. The van der Waals surface area contributed by atoms with Gasteiger partial charge in [-0.3, -0.25) is 4.79 Å². The maximum absolute atomic E-state index is 12.9. The van der Waals surface area contributed by atoms with Crippen LogP contribution < -0.4 is 15.5 Å². The van der Waals surface area contributed by atoms with Gasteiger partial charge in [0.1, 0.15) is 5.82 Å². The van der Waals surface area contributed by atoms with Crippen molar-refractivity contribution in [2.24, 2.45) is 5.92 Å². The van der Waals surface area contributed by atoms with Crippen molar-refractivity contribution in [2.45, 2.75) is 70.3 Å². The van der Waals surface area contributed by atoms with Gasteiger partial charge in [-0.05, 0) is 68.7 Å². The van der Waals surface area contributed by atoms with Gasteiger partial charge in [-0.25, -0.2) is 4.98 Å². The van der Waals surface area contributed by atoms with E-state index in [-0.39, 0.29) is 11.9 Å². The normalized spacial score (nSPS) is 20.9. The van der Waals surface area contributed by atoms with E-state index in [0.29, 0.717) is 12.0 Å². The van der Waals surface area contributed by atoms with Crippen LogP contribution >= 0.6 is 0 Å². The third kappa shape index (κ3) is 5.47. The van der Waals surface area contributed by atoms with Gasteiger partial charge in [-0.1, -0.05) is 19.7 Å². The monoisotopic (exact) mass is 470 g/mol. The molecule has 1 amide bonds. The number of carbonyl (C=O) groups excluding carboxylic acids is 1. The maximum atomic E-state index is 12.9. The van der Waals surface area contributed by atoms with E-state index in [1.54, 1.807) is 6.20 Å². The van der Waals surface area contributed by atoms with Crippen LogP contribution in [-0.4, -0.2) is 53.5 Å². The fraction of sp³-hybridized carbons (Fsp3) is 0.519. The Balaban J connectivity index is 1.16. The van der Waals surface area contributed by atoms with Crippen LogP contribution in [0.3, 0.4) is 0 Å². The van der Waals surface area contributed by atoms with E-state index in [2.05, 4.69) is 50.7 Å². The Bertz CT molecular complexity index is 1140. The molecule has 182 valence electrons. The molecule has 2 N–H and O–H groups in total. The summed E-state index contributed by atoms with van der Waals surface area (Å²) in [7, 11) is 5.82. The van der Waals surface area contributed by atoms with Gasteiger partial charge < -0.3 is 15.5 Å². The molecule has 2 radical (unpaired) electrons. The number of aromatic nitrogens is 3. The van der Waals surface area contributed by atoms with Gasteiger partial charge in [0.25, 0.3) is 5.91 Å². The van der Waals surface area contributed by atoms with Gasteiger partial charge in [-0.15, -0.1) is 0 Å². The smallest absolute Gasteiger partial charge is 0.251 e. The fourth-order valence-electron chi connectivity index (χ4n) is 5.42. The second-order valence-electron chi connectivity index (χ2n) is 10.0. The molecular formula is C27H35BN6O. The highest BCUT2D eigenvalue weighted by Crippen LogP contribution is 2.26. The topological polar surface area (TPSA) is 74.6 Å². The van der Waals surface area contributed by atoms with Crippen LogP contribution in [0.2, 0.25) is 6.32 Å². The first-order valence-electron chi connectivity index (χ1n) is 13.1. The summed E-state index contributed by atoms with van der Waals surface area (Å²) in [4.78, 5) is 20.0. The van der Waals surface area contributed by atoms with E-state index in [1.807, 2.05) is 22.7 Å². The molecule has 8 heteroatoms. The predicted octanol–water partition coefficient (Wildman–Crippen LogP) is 4.25. The number of nitrogens with zero attached hydrogens (tertiary/aromatic N) is 4. The molecule has 1 saturated carbocycles. The molecule has 1 saturated heterocycles. The molecule has 2 atom stereocenters. The van der Waals surface area contributed by atoms with Crippen molar-refractivity contribution < 1.29 is 4.79 Å². The summed E-state index contributed by atoms with van der Waals surface area (Å²) in [6.07, 6.45) is 9.72. The average Bonchev–Trinajstić information content (AvgIpc) is 3.54. The van der Waals surface area contributed by atoms with Gasteiger partial charge >= 0.3 is 0 Å². The van der Waals surface area contributed by atoms with E-state index < -0.39 is 0 Å². The zero-order valence-corrected chi connectivity index (χ0v) is 20.6. The Hall–Kier alpha value is -3.03. The highest BCUT2D eigenvalue weighted by Gasteiger charge is 2.27. The minimum Gasteiger partial charge on any atom is -0.372 e. The lowest BCUT2D eigenvalue weighted by atomic mass is 9.84. The molecule has 3 aromatic rings. The SMILES string of the molecule is [B]CC1CCN(c2ccc(C(=O)NC3CCC(Nc4cc(CCC)nc5ccnn45)C3)cc2)CC1. The standard InChI is InChI=1S/C27H35BN6O/c1-2-3-21-17-26(34-25(30-21)10-13-29-34)31-22-6-7-23(16-22)32-27(35)20-4-8-24(9-5-20)33-14-11-19(18-28)12-15-33/h4-5,8-10,13,17,19,22-23,31H,2-3,6-7,11-12,14-16,18H2,1H3,(H,32,35). The van der Waals surface area contributed by atoms with Crippen molar-refractivity contribution in [1.29, 1.82) is 0 Å². The lowest BCUT2D eigenvalue weighted by Gasteiger charge is -2.33. The number of hydrogen-bond donors (Lipinski definition) is 2. The minimum atomic E-state index is 0.00708. The number of aryl methyl sites for hydroxylation is 1. The van der Waals surface area contributed by atoms with Crippen molar-refractivity contribution in [2.75, 3.05) is 23.3 Å². The number of hydrogen-bond acceptors (Lipinski definition) is 5. The largest absolute Gasteiger partial charge is 0.372 e. The summed E-state index contributed by atoms with van der Waals surface area (Å²) in [5.41, 5.74) is 3.86. The summed E-state index contributed by atoms with van der Waals surface area (Å²) < 4.78 is 1.87. The Morgan fingerprint density at radius 2 is 1.86 bits per heavy atom. The molecule has 1 aliphatic heterocycles. The molecule has 7 nitrogen and oxygen atoms in total. The van der Waals surface area contributed by atoms with Gasteiger partial charge in [0, 0.05) is 54.3 Å². The number of fused-ring (bicyclic) bond motifs is 1. The first kappa shape index (κ1) is 23.7. The molecule has 0 bridgehead atoms. The molecule has 2 aromatic heterocycles. The lowest BCUT2D eigenvalue weighted by molar-refractivity contribution is 0.0938. The fourth-order valence-corrected chi connectivity index (χ4v) is 5.42. The number of piperidine rings is 1. The molecule has 1 aromatic carbocycles. The first-order valence-corrected chi connectivity index (χ1v) is 13.1. The number of rotatable bonds is 8. The molecule has 0 spiro atoms. The Kier molecular flexibility index (Phi) is 7.25. The summed E-state index contributed by atoms with van der Waals surface area (Å²) in [6, 6.07) is 12.6. The molecule has 1 aliphatic carbocycles. The average molecular weight is 470 g/mol. The van der Waals surface area contributed by atoms with Gasteiger partial charge in [-0.2, -0.15) is 9.61 Å². The first-order chi connectivity index (χ1) is 17.1. The van der Waals surface area contributed by atoms with Gasteiger partial charge in [0.05, 0.1) is 14.0 Å². The van der Waals surface area contributed by atoms with Crippen LogP contribution in [0.4, 0.5) is 11.5 Å². The number of nitrogens with one attached hydrogen (secondary N) is 2. The Morgan fingerprint density at radius 3 is 2.60 bits per heavy atom. The zero-order valence-electron chi connectivity index (χ0n) is 20.6. The number of amides is 1. The van der Waals surface area contributed by atoms with Crippen LogP contribution in [0, 0.1) is 5.92 Å². The van der Waals surface area contributed by atoms with Crippen LogP contribution in [0.1, 0.15) is 61.5 Å². The molecule has 2 fully saturated rings. The van der Waals surface area contributed by atoms with E-state index in [4.69, 9.17) is 7.85 Å². The van der Waals surface area contributed by atoms with Gasteiger partial charge in [0.15, 0.2) is 5.65 Å². The van der Waals surface area contributed by atoms with Crippen LogP contribution in [0.5, 0.6) is 0 Å². The molecular weight excluding hydrogens is 435 g/mol. The third-order valence-electron chi connectivity index (χ3n) is 7.48. The highest BCUT2D eigenvalue weighted by atomic mass is 16.1. The second kappa shape index (κ2) is 10.7. The molecule has 2 unspecified atom stereocenters. The van der Waals surface area contributed by atoms with Crippen LogP contribution in [0.15, 0.2) is 42.6 Å². The Labute approximate surface area is 209 Å². The van der Waals surface area contributed by atoms with Crippen molar-refractivity contribution in [3.05, 3.63) is 53.9 Å². The predicted molar refractivity (Wildman–Crippen MR) is 141 cm³/mol. The second-order valence-corrected chi connectivity index (χ2v) is 10.0. The van der Waals surface area contributed by atoms with E-state index in [9.17, 15) is 4.79 Å². The van der Waals surface area contributed by atoms with Gasteiger partial charge in [0.2, 0.25) is 0 Å². The van der Waals surface area contributed by atoms with Crippen molar-refractivity contribution >= 4 is 30.9 Å². The van der Waals surface area contributed by atoms with Crippen molar-refractivity contribution in [1.82, 2.24) is 19.9 Å². The number of benzene rings is 1. The quantitative estimate of drug-likeness (QED) is 0.482. The minimum absolute atomic E-state index is 0.00708. The summed E-state index contributed by atoms with van der Waals surface area (Å²) >= 11 is 0.